The molecular weight excluding hydrogens is 343 g/mol. The summed E-state index contributed by atoms with van der Waals surface area (Å²) in [7, 11) is 3.17. The molecule has 1 heterocycles. The third-order valence-electron chi connectivity index (χ3n) is 3.53. The van der Waals surface area contributed by atoms with Crippen molar-refractivity contribution in [3.05, 3.63) is 47.1 Å². The summed E-state index contributed by atoms with van der Waals surface area (Å²) in [4.78, 5) is 26.8. The number of rotatable bonds is 8. The molecule has 0 radical (unpaired) electrons. The molecule has 0 aliphatic heterocycles. The first-order valence-corrected chi connectivity index (χ1v) is 8.70. The van der Waals surface area contributed by atoms with E-state index in [-0.39, 0.29) is 24.2 Å². The second-order valence-electron chi connectivity index (χ2n) is 5.50. The van der Waals surface area contributed by atoms with Gasteiger partial charge in [0.2, 0.25) is 5.91 Å². The van der Waals surface area contributed by atoms with Crippen LogP contribution in [0.15, 0.2) is 36.4 Å². The summed E-state index contributed by atoms with van der Waals surface area (Å²) in [6.07, 6.45) is 0.719. The van der Waals surface area contributed by atoms with Crippen LogP contribution in [0.1, 0.15) is 16.1 Å². The summed E-state index contributed by atoms with van der Waals surface area (Å²) in [5.41, 5.74) is 0.463. The van der Waals surface area contributed by atoms with E-state index in [1.165, 1.54) is 22.3 Å². The van der Waals surface area contributed by atoms with Crippen molar-refractivity contribution < 1.29 is 18.7 Å². The van der Waals surface area contributed by atoms with Crippen LogP contribution in [0, 0.1) is 5.82 Å². The van der Waals surface area contributed by atoms with Crippen LogP contribution in [0.2, 0.25) is 0 Å². The number of likely N-dealkylation sites (N-methyl/N-ethyl adjacent to an activating group) is 1. The Balaban J connectivity index is 1.94. The summed E-state index contributed by atoms with van der Waals surface area (Å²) >= 11 is 1.21. The van der Waals surface area contributed by atoms with E-state index in [9.17, 15) is 14.0 Å². The highest BCUT2D eigenvalue weighted by atomic mass is 32.1. The number of hydrogen-bond donors (Lipinski definition) is 1. The molecule has 0 saturated carbocycles. The fourth-order valence-electron chi connectivity index (χ4n) is 2.23. The molecule has 5 nitrogen and oxygen atoms in total. The highest BCUT2D eigenvalue weighted by Gasteiger charge is 2.18. The molecule has 7 heteroatoms. The van der Waals surface area contributed by atoms with Gasteiger partial charge in [-0.15, -0.1) is 11.3 Å². The van der Waals surface area contributed by atoms with Crippen LogP contribution in [0.4, 0.5) is 4.39 Å². The van der Waals surface area contributed by atoms with E-state index in [0.29, 0.717) is 28.5 Å². The molecule has 25 heavy (non-hydrogen) atoms. The largest absolute Gasteiger partial charge is 0.385 e. The minimum atomic E-state index is -0.327. The first-order chi connectivity index (χ1) is 12.0. The Hall–Kier alpha value is -2.25. The number of benzene rings is 1. The molecule has 0 bridgehead atoms. The molecule has 2 amide bonds. The lowest BCUT2D eigenvalue weighted by Gasteiger charge is -2.15. The van der Waals surface area contributed by atoms with Crippen molar-refractivity contribution in [2.75, 3.05) is 33.9 Å². The molecule has 0 unspecified atom stereocenters. The third kappa shape index (κ3) is 5.37. The quantitative estimate of drug-likeness (QED) is 0.733. The maximum Gasteiger partial charge on any atom is 0.264 e. The highest BCUT2D eigenvalue weighted by Crippen LogP contribution is 2.30. The minimum Gasteiger partial charge on any atom is -0.385 e. The Morgan fingerprint density at radius 2 is 2.00 bits per heavy atom. The molecule has 2 rings (SSSR count). The number of ether oxygens (including phenoxy) is 1. The van der Waals surface area contributed by atoms with E-state index in [1.54, 1.807) is 44.5 Å². The second kappa shape index (κ2) is 9.29. The number of halogens is 1. The number of hydrogen-bond acceptors (Lipinski definition) is 4. The minimum absolute atomic E-state index is 0.0290. The maximum atomic E-state index is 13.8. The number of amides is 2. The molecule has 0 spiro atoms. The second-order valence-corrected chi connectivity index (χ2v) is 6.59. The Bertz CT molecular complexity index is 733. The van der Waals surface area contributed by atoms with Crippen molar-refractivity contribution >= 4 is 23.2 Å². The zero-order valence-corrected chi connectivity index (χ0v) is 15.1. The van der Waals surface area contributed by atoms with Crippen molar-refractivity contribution in [2.24, 2.45) is 0 Å². The van der Waals surface area contributed by atoms with Crippen LogP contribution >= 0.6 is 11.3 Å². The molecule has 1 aromatic carbocycles. The van der Waals surface area contributed by atoms with Crippen molar-refractivity contribution in [1.82, 2.24) is 10.2 Å². The van der Waals surface area contributed by atoms with Crippen LogP contribution in [-0.2, 0) is 9.53 Å². The van der Waals surface area contributed by atoms with Crippen LogP contribution in [0.3, 0.4) is 0 Å². The SMILES string of the molecule is COCCCNC(=O)CN(C)C(=O)c1ccc(-c2ccccc2F)s1. The number of nitrogens with one attached hydrogen (secondary N) is 1. The van der Waals surface area contributed by atoms with Gasteiger partial charge in [0, 0.05) is 37.7 Å². The topological polar surface area (TPSA) is 58.6 Å². The zero-order chi connectivity index (χ0) is 18.2. The summed E-state index contributed by atoms with van der Waals surface area (Å²) in [6, 6.07) is 9.80. The fourth-order valence-corrected chi connectivity index (χ4v) is 3.26. The maximum absolute atomic E-state index is 13.8. The molecule has 0 aliphatic carbocycles. The summed E-state index contributed by atoms with van der Waals surface area (Å²) in [5, 5.41) is 2.73. The van der Waals surface area contributed by atoms with Crippen LogP contribution in [-0.4, -0.2) is 50.6 Å². The summed E-state index contributed by atoms with van der Waals surface area (Å²) in [6.45, 7) is 1.05. The zero-order valence-electron chi connectivity index (χ0n) is 14.3. The average molecular weight is 364 g/mol. The predicted molar refractivity (Wildman–Crippen MR) is 96.2 cm³/mol. The van der Waals surface area contributed by atoms with E-state index in [4.69, 9.17) is 4.74 Å². The van der Waals surface area contributed by atoms with Crippen molar-refractivity contribution in [3.63, 3.8) is 0 Å². The van der Waals surface area contributed by atoms with Gasteiger partial charge in [0.25, 0.3) is 5.91 Å². The molecule has 1 N–H and O–H groups in total. The fraction of sp³-hybridized carbons (Fsp3) is 0.333. The van der Waals surface area contributed by atoms with Crippen molar-refractivity contribution in [2.45, 2.75) is 6.42 Å². The Labute approximate surface area is 150 Å². The Kier molecular flexibility index (Phi) is 7.09. The van der Waals surface area contributed by atoms with Crippen LogP contribution in [0.25, 0.3) is 10.4 Å². The summed E-state index contributed by atoms with van der Waals surface area (Å²) < 4.78 is 18.7. The molecular formula is C18H21FN2O3S. The lowest BCUT2D eigenvalue weighted by Crippen LogP contribution is -2.38. The van der Waals surface area contributed by atoms with Crippen LogP contribution < -0.4 is 5.32 Å². The number of methoxy groups -OCH3 is 1. The van der Waals surface area contributed by atoms with E-state index in [2.05, 4.69) is 5.32 Å². The van der Waals surface area contributed by atoms with Gasteiger partial charge in [-0.2, -0.15) is 0 Å². The van der Waals surface area contributed by atoms with E-state index in [1.807, 2.05) is 0 Å². The lowest BCUT2D eigenvalue weighted by molar-refractivity contribution is -0.121. The van der Waals surface area contributed by atoms with Crippen molar-refractivity contribution in [1.29, 1.82) is 0 Å². The first kappa shape index (κ1) is 19.1. The lowest BCUT2D eigenvalue weighted by atomic mass is 10.2. The number of carbonyl (C=O) groups excluding carboxylic acids is 2. The molecule has 0 atom stereocenters. The average Bonchev–Trinajstić information content (AvgIpc) is 3.08. The molecule has 2 aromatic rings. The van der Waals surface area contributed by atoms with Crippen LogP contribution in [0.5, 0.6) is 0 Å². The van der Waals surface area contributed by atoms with Gasteiger partial charge in [-0.25, -0.2) is 4.39 Å². The molecule has 0 fully saturated rings. The van der Waals surface area contributed by atoms with Gasteiger partial charge in [0.15, 0.2) is 0 Å². The summed E-state index contributed by atoms with van der Waals surface area (Å²) in [5.74, 6) is -0.815. The monoisotopic (exact) mass is 364 g/mol. The molecule has 0 aliphatic rings. The van der Waals surface area contributed by atoms with Gasteiger partial charge >= 0.3 is 0 Å². The van der Waals surface area contributed by atoms with Gasteiger partial charge in [-0.3, -0.25) is 9.59 Å². The number of carbonyl (C=O) groups is 2. The van der Waals surface area contributed by atoms with E-state index < -0.39 is 0 Å². The Morgan fingerprint density at radius 3 is 2.72 bits per heavy atom. The smallest absolute Gasteiger partial charge is 0.264 e. The Morgan fingerprint density at radius 1 is 1.24 bits per heavy atom. The van der Waals surface area contributed by atoms with Crippen molar-refractivity contribution in [3.8, 4) is 10.4 Å². The molecule has 134 valence electrons. The van der Waals surface area contributed by atoms with Gasteiger partial charge in [-0.1, -0.05) is 18.2 Å². The third-order valence-corrected chi connectivity index (χ3v) is 4.64. The molecule has 1 aromatic heterocycles. The number of nitrogens with zero attached hydrogens (tertiary/aromatic N) is 1. The van der Waals surface area contributed by atoms with Gasteiger partial charge in [-0.05, 0) is 24.6 Å². The standard InChI is InChI=1S/C18H21FN2O3S/c1-21(12-17(22)20-10-5-11-24-2)18(23)16-9-8-15(25-16)13-6-3-4-7-14(13)19/h3-4,6-9H,5,10-12H2,1-2H3,(H,20,22). The first-order valence-electron chi connectivity index (χ1n) is 7.88. The normalized spacial score (nSPS) is 10.5. The van der Waals surface area contributed by atoms with Gasteiger partial charge in [0.05, 0.1) is 11.4 Å². The molecule has 0 saturated heterocycles. The van der Waals surface area contributed by atoms with Gasteiger partial charge in [0.1, 0.15) is 5.82 Å². The van der Waals surface area contributed by atoms with Gasteiger partial charge < -0.3 is 15.0 Å². The van der Waals surface area contributed by atoms with E-state index >= 15 is 0 Å². The van der Waals surface area contributed by atoms with E-state index in [0.717, 1.165) is 6.42 Å². The highest BCUT2D eigenvalue weighted by molar-refractivity contribution is 7.17. The predicted octanol–water partition coefficient (Wildman–Crippen LogP) is 2.78. The number of thiophene rings is 1.